The van der Waals surface area contributed by atoms with Gasteiger partial charge in [-0.05, 0) is 6.92 Å². The molecule has 2 unspecified atom stereocenters. The molecule has 138 valence electrons. The van der Waals surface area contributed by atoms with Crippen molar-refractivity contribution < 1.29 is 23.4 Å². The Balaban J connectivity index is 3.31. The van der Waals surface area contributed by atoms with Crippen molar-refractivity contribution >= 4 is 5.91 Å². The molecule has 0 saturated heterocycles. The summed E-state index contributed by atoms with van der Waals surface area (Å²) in [7, 11) is 0. The van der Waals surface area contributed by atoms with Gasteiger partial charge in [0.25, 0.3) is 0 Å². The normalized spacial score (nSPS) is 14.0. The predicted octanol–water partition coefficient (Wildman–Crippen LogP) is 1.29. The topological polar surface area (TPSA) is 68.8 Å². The lowest BCUT2D eigenvalue weighted by Crippen LogP contribution is -2.32. The van der Waals surface area contributed by atoms with Crippen molar-refractivity contribution in [2.75, 3.05) is 46.1 Å². The molecule has 0 aromatic rings. The molecule has 0 fully saturated rings. The summed E-state index contributed by atoms with van der Waals surface area (Å²) in [6.45, 7) is 10.4. The first kappa shape index (κ1) is 22.2. The summed E-state index contributed by atoms with van der Waals surface area (Å²) in [4.78, 5) is 11.0. The fourth-order valence-corrected chi connectivity index (χ4v) is 1.61. The van der Waals surface area contributed by atoms with Crippen LogP contribution in [0.1, 0.15) is 34.1 Å². The van der Waals surface area contributed by atoms with E-state index in [9.17, 15) is 9.18 Å². The molecular formula is C16H33FN2O4. The predicted molar refractivity (Wildman–Crippen MR) is 88.4 cm³/mol. The smallest absolute Gasteiger partial charge is 0.219 e. The van der Waals surface area contributed by atoms with Gasteiger partial charge < -0.3 is 24.8 Å². The van der Waals surface area contributed by atoms with Gasteiger partial charge in [0.1, 0.15) is 6.17 Å². The van der Waals surface area contributed by atoms with E-state index in [0.717, 1.165) is 6.54 Å². The average molecular weight is 336 g/mol. The number of nitrogens with one attached hydrogen (secondary N) is 2. The van der Waals surface area contributed by atoms with Crippen LogP contribution in [0, 0.1) is 0 Å². The van der Waals surface area contributed by atoms with Crippen LogP contribution in [0.15, 0.2) is 0 Å². The second-order valence-electron chi connectivity index (χ2n) is 5.69. The van der Waals surface area contributed by atoms with E-state index in [-0.39, 0.29) is 25.2 Å². The van der Waals surface area contributed by atoms with Gasteiger partial charge in [0.15, 0.2) is 0 Å². The highest BCUT2D eigenvalue weighted by molar-refractivity contribution is 5.75. The molecule has 7 heteroatoms. The quantitative estimate of drug-likeness (QED) is 0.441. The van der Waals surface area contributed by atoms with Crippen molar-refractivity contribution in [2.45, 2.75) is 52.4 Å². The van der Waals surface area contributed by atoms with Crippen LogP contribution < -0.4 is 10.6 Å². The third-order valence-electron chi connectivity index (χ3n) is 2.96. The summed E-state index contributed by atoms with van der Waals surface area (Å²) in [5.74, 6) is -0.159. The molecule has 0 aromatic carbocycles. The number of carbonyl (C=O) groups is 1. The summed E-state index contributed by atoms with van der Waals surface area (Å²) < 4.78 is 29.4. The lowest BCUT2D eigenvalue weighted by atomic mass is 10.3. The van der Waals surface area contributed by atoms with Gasteiger partial charge in [0, 0.05) is 19.0 Å². The Bertz CT molecular complexity index is 293. The van der Waals surface area contributed by atoms with Crippen LogP contribution in [-0.2, 0) is 19.0 Å². The van der Waals surface area contributed by atoms with Gasteiger partial charge in [-0.2, -0.15) is 0 Å². The Morgan fingerprint density at radius 3 is 2.35 bits per heavy atom. The maximum atomic E-state index is 13.3. The molecule has 0 aromatic heterocycles. The molecule has 0 aliphatic carbocycles. The van der Waals surface area contributed by atoms with Gasteiger partial charge >= 0.3 is 0 Å². The molecule has 2 N–H and O–H groups in total. The van der Waals surface area contributed by atoms with Crippen molar-refractivity contribution in [1.82, 2.24) is 10.6 Å². The maximum Gasteiger partial charge on any atom is 0.219 e. The fraction of sp³-hybridized carbons (Fsp3) is 0.938. The zero-order valence-corrected chi connectivity index (χ0v) is 14.9. The lowest BCUT2D eigenvalue weighted by molar-refractivity contribution is -0.121. The van der Waals surface area contributed by atoms with E-state index in [1.54, 1.807) is 6.92 Å². The highest BCUT2D eigenvalue weighted by Crippen LogP contribution is 1.93. The highest BCUT2D eigenvalue weighted by atomic mass is 19.1. The number of carbonyl (C=O) groups excluding carboxylic acids is 1. The van der Waals surface area contributed by atoms with E-state index in [4.69, 9.17) is 14.2 Å². The van der Waals surface area contributed by atoms with Gasteiger partial charge in [0.05, 0.1) is 45.7 Å². The van der Waals surface area contributed by atoms with E-state index in [0.29, 0.717) is 38.9 Å². The third-order valence-corrected chi connectivity index (χ3v) is 2.96. The number of amides is 1. The summed E-state index contributed by atoms with van der Waals surface area (Å²) in [6, 6.07) is 0.448. The molecule has 0 aliphatic rings. The monoisotopic (exact) mass is 336 g/mol. The Kier molecular flexibility index (Phi) is 14.3. The van der Waals surface area contributed by atoms with Crippen LogP contribution in [0.5, 0.6) is 0 Å². The largest absolute Gasteiger partial charge is 0.377 e. The van der Waals surface area contributed by atoms with Gasteiger partial charge in [-0.3, -0.25) is 4.79 Å². The molecule has 0 aliphatic heterocycles. The summed E-state index contributed by atoms with van der Waals surface area (Å²) in [6.07, 6.45) is -0.693. The molecule has 0 radical (unpaired) electrons. The van der Waals surface area contributed by atoms with Crippen LogP contribution >= 0.6 is 0 Å². The first-order valence-electron chi connectivity index (χ1n) is 8.36. The number of alkyl halides is 1. The number of halogens is 1. The fourth-order valence-electron chi connectivity index (χ4n) is 1.61. The minimum absolute atomic E-state index is 0.0102. The number of hydrogen-bond donors (Lipinski definition) is 2. The highest BCUT2D eigenvalue weighted by Gasteiger charge is 2.08. The molecule has 0 saturated carbocycles. The van der Waals surface area contributed by atoms with E-state index in [2.05, 4.69) is 24.5 Å². The number of rotatable bonds is 15. The minimum atomic E-state index is -1.19. The molecule has 23 heavy (non-hydrogen) atoms. The van der Waals surface area contributed by atoms with Crippen molar-refractivity contribution in [3.05, 3.63) is 0 Å². The lowest BCUT2D eigenvalue weighted by Gasteiger charge is -2.16. The van der Waals surface area contributed by atoms with Crippen LogP contribution in [0.4, 0.5) is 4.39 Å². The average Bonchev–Trinajstić information content (AvgIpc) is 2.52. The van der Waals surface area contributed by atoms with Gasteiger partial charge in [-0.1, -0.05) is 20.8 Å². The molecule has 0 heterocycles. The zero-order valence-electron chi connectivity index (χ0n) is 14.9. The van der Waals surface area contributed by atoms with E-state index in [1.807, 2.05) is 6.92 Å². The van der Waals surface area contributed by atoms with E-state index in [1.165, 1.54) is 0 Å². The maximum absolute atomic E-state index is 13.3. The summed E-state index contributed by atoms with van der Waals surface area (Å²) in [5.41, 5.74) is 0. The first-order valence-corrected chi connectivity index (χ1v) is 8.36. The molecule has 6 nitrogen and oxygen atoms in total. The minimum Gasteiger partial charge on any atom is -0.377 e. The van der Waals surface area contributed by atoms with Crippen molar-refractivity contribution in [2.24, 2.45) is 0 Å². The second kappa shape index (κ2) is 14.8. The van der Waals surface area contributed by atoms with Gasteiger partial charge in [0.2, 0.25) is 5.91 Å². The summed E-state index contributed by atoms with van der Waals surface area (Å²) in [5, 5.41) is 5.78. The Hall–Kier alpha value is -0.760. The van der Waals surface area contributed by atoms with Crippen LogP contribution in [-0.4, -0.2) is 70.3 Å². The Labute approximate surface area is 139 Å². The molecule has 0 rings (SSSR count). The molecule has 0 spiro atoms. The van der Waals surface area contributed by atoms with Gasteiger partial charge in [-0.25, -0.2) is 4.39 Å². The van der Waals surface area contributed by atoms with Crippen molar-refractivity contribution in [3.8, 4) is 0 Å². The third kappa shape index (κ3) is 15.9. The molecule has 0 bridgehead atoms. The first-order chi connectivity index (χ1) is 11.0. The number of ether oxygens (including phenoxy) is 3. The summed E-state index contributed by atoms with van der Waals surface area (Å²) >= 11 is 0. The Morgan fingerprint density at radius 2 is 1.70 bits per heavy atom. The van der Waals surface area contributed by atoms with Crippen LogP contribution in [0.3, 0.4) is 0 Å². The zero-order chi connectivity index (χ0) is 17.5. The standard InChI is InChI=1S/C16H33FN2O4/c1-5-16(20)19-11-15(17)12-22-7-6-21-8-9-23-14(4)10-18-13(2)3/h13-15,18H,5-12H2,1-4H3,(H,19,20). The van der Waals surface area contributed by atoms with Crippen molar-refractivity contribution in [3.63, 3.8) is 0 Å². The number of hydrogen-bond acceptors (Lipinski definition) is 5. The van der Waals surface area contributed by atoms with E-state index >= 15 is 0 Å². The van der Waals surface area contributed by atoms with Crippen LogP contribution in [0.25, 0.3) is 0 Å². The molecule has 2 atom stereocenters. The molecule has 1 amide bonds. The second-order valence-corrected chi connectivity index (χ2v) is 5.69. The van der Waals surface area contributed by atoms with Crippen LogP contribution in [0.2, 0.25) is 0 Å². The van der Waals surface area contributed by atoms with Crippen molar-refractivity contribution in [1.29, 1.82) is 0 Å². The molecular weight excluding hydrogens is 303 g/mol. The van der Waals surface area contributed by atoms with E-state index < -0.39 is 6.17 Å². The SMILES string of the molecule is CCC(=O)NCC(F)COCCOCCOC(C)CNC(C)C. The Morgan fingerprint density at radius 1 is 1.04 bits per heavy atom. The van der Waals surface area contributed by atoms with Gasteiger partial charge in [-0.15, -0.1) is 0 Å².